The predicted octanol–water partition coefficient (Wildman–Crippen LogP) is -1.89. The molecule has 0 aliphatic carbocycles. The molecule has 0 saturated heterocycles. The smallest absolute Gasteiger partial charge is 0.329 e. The van der Waals surface area contributed by atoms with Crippen molar-refractivity contribution in [2.75, 3.05) is 25.2 Å². The standard InChI is InChI=1S/C10H19NO6S/c1-6(13)11-7(10(16)17-2)4-18-5-9(15)8(14)3-12/h7-9,12,14-15H,3-5H2,1-2H3,(H,11,13)/t7-,8?,9?/m0/s1. The number of esters is 1. The molecule has 0 saturated carbocycles. The van der Waals surface area contributed by atoms with Crippen LogP contribution in [0.1, 0.15) is 6.92 Å². The van der Waals surface area contributed by atoms with Crippen LogP contribution in [0, 0.1) is 0 Å². The third-order valence-electron chi connectivity index (χ3n) is 2.07. The van der Waals surface area contributed by atoms with Gasteiger partial charge < -0.3 is 25.4 Å². The van der Waals surface area contributed by atoms with Crippen molar-refractivity contribution in [1.82, 2.24) is 5.32 Å². The first-order valence-corrected chi connectivity index (χ1v) is 6.47. The SMILES string of the molecule is COC(=O)[C@H](CSCC(O)C(O)CO)NC(C)=O. The molecule has 0 heterocycles. The molecule has 0 rings (SSSR count). The van der Waals surface area contributed by atoms with E-state index in [-0.39, 0.29) is 17.4 Å². The normalized spacial score (nSPS) is 15.6. The van der Waals surface area contributed by atoms with E-state index in [2.05, 4.69) is 10.1 Å². The van der Waals surface area contributed by atoms with E-state index in [4.69, 9.17) is 10.2 Å². The van der Waals surface area contributed by atoms with Crippen molar-refractivity contribution < 1.29 is 29.6 Å². The Balaban J connectivity index is 4.11. The first kappa shape index (κ1) is 17.2. The van der Waals surface area contributed by atoms with Crippen LogP contribution in [0.2, 0.25) is 0 Å². The Morgan fingerprint density at radius 3 is 2.33 bits per heavy atom. The summed E-state index contributed by atoms with van der Waals surface area (Å²) in [7, 11) is 1.21. The van der Waals surface area contributed by atoms with Crippen molar-refractivity contribution in [2.45, 2.75) is 25.2 Å². The Morgan fingerprint density at radius 2 is 1.89 bits per heavy atom. The first-order chi connectivity index (χ1) is 8.42. The summed E-state index contributed by atoms with van der Waals surface area (Å²) in [5.74, 6) is -0.590. The minimum absolute atomic E-state index is 0.134. The fourth-order valence-corrected chi connectivity index (χ4v) is 2.15. The molecule has 0 radical (unpaired) electrons. The lowest BCUT2D eigenvalue weighted by molar-refractivity contribution is -0.144. The molecule has 8 heteroatoms. The highest BCUT2D eigenvalue weighted by molar-refractivity contribution is 7.99. The van der Waals surface area contributed by atoms with Gasteiger partial charge in [0.15, 0.2) is 0 Å². The van der Waals surface area contributed by atoms with E-state index in [9.17, 15) is 14.7 Å². The van der Waals surface area contributed by atoms with Crippen LogP contribution in [0.3, 0.4) is 0 Å². The molecule has 7 nitrogen and oxygen atoms in total. The summed E-state index contributed by atoms with van der Waals surface area (Å²) in [6.45, 7) is 0.749. The Hall–Kier alpha value is -0.830. The molecule has 0 bridgehead atoms. The van der Waals surface area contributed by atoms with E-state index < -0.39 is 30.8 Å². The molecule has 0 spiro atoms. The van der Waals surface area contributed by atoms with Crippen LogP contribution in [0.15, 0.2) is 0 Å². The largest absolute Gasteiger partial charge is 0.467 e. The van der Waals surface area contributed by atoms with E-state index >= 15 is 0 Å². The number of carbonyl (C=O) groups excluding carboxylic acids is 2. The number of methoxy groups -OCH3 is 1. The summed E-state index contributed by atoms with van der Waals surface area (Å²) in [5.41, 5.74) is 0. The van der Waals surface area contributed by atoms with Crippen molar-refractivity contribution in [1.29, 1.82) is 0 Å². The Morgan fingerprint density at radius 1 is 1.28 bits per heavy atom. The molecular weight excluding hydrogens is 262 g/mol. The Bertz CT molecular complexity index is 275. The Labute approximate surface area is 110 Å². The molecule has 1 amide bonds. The summed E-state index contributed by atoms with van der Waals surface area (Å²) in [6.07, 6.45) is -2.30. The van der Waals surface area contributed by atoms with Crippen LogP contribution in [0.5, 0.6) is 0 Å². The van der Waals surface area contributed by atoms with E-state index in [1.54, 1.807) is 0 Å². The van der Waals surface area contributed by atoms with Crippen LogP contribution < -0.4 is 5.32 Å². The average Bonchev–Trinajstić information content (AvgIpc) is 2.34. The number of aliphatic hydroxyl groups excluding tert-OH is 3. The number of thioether (sulfide) groups is 1. The minimum atomic E-state index is -1.21. The maximum atomic E-state index is 11.3. The second kappa shape index (κ2) is 9.15. The number of nitrogens with one attached hydrogen (secondary N) is 1. The van der Waals surface area contributed by atoms with Gasteiger partial charge in [-0.2, -0.15) is 11.8 Å². The Kier molecular flexibility index (Phi) is 8.73. The van der Waals surface area contributed by atoms with Gasteiger partial charge in [0.2, 0.25) is 5.91 Å². The van der Waals surface area contributed by atoms with Gasteiger partial charge in [0.25, 0.3) is 0 Å². The zero-order chi connectivity index (χ0) is 14.1. The molecular formula is C10H19NO6S. The summed E-state index contributed by atoms with van der Waals surface area (Å²) >= 11 is 1.16. The van der Waals surface area contributed by atoms with E-state index in [0.29, 0.717) is 0 Å². The highest BCUT2D eigenvalue weighted by Crippen LogP contribution is 2.09. The lowest BCUT2D eigenvalue weighted by atomic mass is 10.2. The number of hydrogen-bond donors (Lipinski definition) is 4. The van der Waals surface area contributed by atoms with Crippen LogP contribution in [-0.4, -0.2) is 70.7 Å². The molecule has 0 aliphatic rings. The molecule has 0 fully saturated rings. The van der Waals surface area contributed by atoms with Gasteiger partial charge in [-0.1, -0.05) is 0 Å². The summed E-state index contributed by atoms with van der Waals surface area (Å²) < 4.78 is 4.52. The maximum Gasteiger partial charge on any atom is 0.329 e. The maximum absolute atomic E-state index is 11.3. The molecule has 0 aliphatic heterocycles. The molecule has 0 aromatic heterocycles. The number of amides is 1. The van der Waals surface area contributed by atoms with Crippen molar-refractivity contribution in [3.63, 3.8) is 0 Å². The van der Waals surface area contributed by atoms with Gasteiger partial charge in [-0.05, 0) is 0 Å². The van der Waals surface area contributed by atoms with E-state index in [1.165, 1.54) is 14.0 Å². The molecule has 106 valence electrons. The fourth-order valence-electron chi connectivity index (χ4n) is 1.10. The van der Waals surface area contributed by atoms with Crippen LogP contribution >= 0.6 is 11.8 Å². The average molecular weight is 281 g/mol. The van der Waals surface area contributed by atoms with E-state index in [0.717, 1.165) is 11.8 Å². The minimum Gasteiger partial charge on any atom is -0.467 e. The van der Waals surface area contributed by atoms with Crippen molar-refractivity contribution in [3.05, 3.63) is 0 Å². The highest BCUT2D eigenvalue weighted by Gasteiger charge is 2.21. The van der Waals surface area contributed by atoms with Gasteiger partial charge in [0.05, 0.1) is 19.8 Å². The van der Waals surface area contributed by atoms with E-state index in [1.807, 2.05) is 0 Å². The molecule has 0 aromatic carbocycles. The number of ether oxygens (including phenoxy) is 1. The highest BCUT2D eigenvalue weighted by atomic mass is 32.2. The number of hydrogen-bond acceptors (Lipinski definition) is 7. The summed E-state index contributed by atoms with van der Waals surface area (Å²) in [5, 5.41) is 29.5. The van der Waals surface area contributed by atoms with Crippen molar-refractivity contribution in [3.8, 4) is 0 Å². The predicted molar refractivity (Wildman–Crippen MR) is 66.0 cm³/mol. The van der Waals surface area contributed by atoms with Gasteiger partial charge in [-0.3, -0.25) is 4.79 Å². The summed E-state index contributed by atoms with van der Waals surface area (Å²) in [4.78, 5) is 22.2. The van der Waals surface area contributed by atoms with Crippen molar-refractivity contribution >= 4 is 23.6 Å². The lowest BCUT2D eigenvalue weighted by Gasteiger charge is -2.18. The monoisotopic (exact) mass is 281 g/mol. The zero-order valence-electron chi connectivity index (χ0n) is 10.3. The number of carbonyl (C=O) groups is 2. The van der Waals surface area contributed by atoms with Crippen LogP contribution in [0.4, 0.5) is 0 Å². The van der Waals surface area contributed by atoms with Gasteiger partial charge in [-0.15, -0.1) is 0 Å². The van der Waals surface area contributed by atoms with Crippen LogP contribution in [-0.2, 0) is 14.3 Å². The lowest BCUT2D eigenvalue weighted by Crippen LogP contribution is -2.42. The third kappa shape index (κ3) is 6.80. The molecule has 0 aromatic rings. The van der Waals surface area contributed by atoms with Crippen molar-refractivity contribution in [2.24, 2.45) is 0 Å². The molecule has 2 unspecified atom stereocenters. The molecule has 4 N–H and O–H groups in total. The van der Waals surface area contributed by atoms with Gasteiger partial charge >= 0.3 is 5.97 Å². The van der Waals surface area contributed by atoms with Gasteiger partial charge in [0, 0.05) is 18.4 Å². The second-order valence-electron chi connectivity index (χ2n) is 3.63. The topological polar surface area (TPSA) is 116 Å². The van der Waals surface area contributed by atoms with Gasteiger partial charge in [0.1, 0.15) is 12.1 Å². The third-order valence-corrected chi connectivity index (χ3v) is 3.21. The second-order valence-corrected chi connectivity index (χ2v) is 4.71. The first-order valence-electron chi connectivity index (χ1n) is 5.32. The van der Waals surface area contributed by atoms with Gasteiger partial charge in [-0.25, -0.2) is 4.79 Å². The molecule has 18 heavy (non-hydrogen) atoms. The summed E-state index contributed by atoms with van der Waals surface area (Å²) in [6, 6.07) is -0.795. The zero-order valence-corrected chi connectivity index (χ0v) is 11.1. The molecule has 3 atom stereocenters. The number of aliphatic hydroxyl groups is 3. The number of rotatable bonds is 8. The fraction of sp³-hybridized carbons (Fsp3) is 0.800. The van der Waals surface area contributed by atoms with Crippen LogP contribution in [0.25, 0.3) is 0 Å². The quantitative estimate of drug-likeness (QED) is 0.384.